The summed E-state index contributed by atoms with van der Waals surface area (Å²) in [6.45, 7) is -0.947. The number of carboxylic acids is 2. The highest BCUT2D eigenvalue weighted by Gasteiger charge is 2.41. The maximum Gasteiger partial charge on any atom is 0.321 e. The number of carbonyl (C=O) groups is 6. The number of nitrogens with zero attached hydrogens (tertiary/aromatic N) is 2. The molecule has 31 heavy (non-hydrogen) atoms. The molecular weight excluding hydrogens is 456 g/mol. The van der Waals surface area contributed by atoms with Crippen LogP contribution in [0.2, 0.25) is 0 Å². The van der Waals surface area contributed by atoms with Crippen molar-refractivity contribution in [1.82, 2.24) is 9.80 Å². The molecule has 2 aliphatic rings. The number of ether oxygens (including phenoxy) is 1. The maximum atomic E-state index is 12.3. The third-order valence-corrected chi connectivity index (χ3v) is 7.08. The summed E-state index contributed by atoms with van der Waals surface area (Å²) in [5, 5.41) is 16.0. The largest absolute Gasteiger partial charge is 0.480 e. The number of rotatable bonds is 12. The highest BCUT2D eigenvalue weighted by atomic mass is 32.2. The fourth-order valence-corrected chi connectivity index (χ4v) is 4.87. The molecule has 2 rings (SSSR count). The summed E-state index contributed by atoms with van der Waals surface area (Å²) in [4.78, 5) is 71.9. The van der Waals surface area contributed by atoms with Crippen LogP contribution in [0.25, 0.3) is 0 Å². The Labute approximate surface area is 184 Å². The van der Waals surface area contributed by atoms with Crippen LogP contribution in [0.5, 0.6) is 0 Å². The second kappa shape index (κ2) is 10.9. The molecule has 2 unspecified atom stereocenters. The average molecular weight is 479 g/mol. The lowest BCUT2D eigenvalue weighted by molar-refractivity contribution is -0.151. The molecule has 4 amide bonds. The van der Waals surface area contributed by atoms with Crippen molar-refractivity contribution in [2.75, 3.05) is 25.0 Å². The molecule has 0 saturated carbocycles. The summed E-state index contributed by atoms with van der Waals surface area (Å²) in [6.07, 6.45) is -0.271. The molecule has 0 aliphatic carbocycles. The Morgan fingerprint density at radius 2 is 1.23 bits per heavy atom. The number of hydrogen-bond acceptors (Lipinski definition) is 11. The van der Waals surface area contributed by atoms with Crippen LogP contribution in [0, 0.1) is 0 Å². The molecule has 0 bridgehead atoms. The molecule has 0 aromatic heterocycles. The predicted octanol–water partition coefficient (Wildman–Crippen LogP) is -2.54. The zero-order valence-electron chi connectivity index (χ0n) is 16.2. The van der Waals surface area contributed by atoms with Crippen molar-refractivity contribution in [2.45, 2.75) is 35.4 Å². The zero-order valence-corrected chi connectivity index (χ0v) is 17.8. The Hall–Kier alpha value is -2.20. The van der Waals surface area contributed by atoms with E-state index >= 15 is 0 Å². The predicted molar refractivity (Wildman–Crippen MR) is 107 cm³/mol. The van der Waals surface area contributed by atoms with E-state index in [0.717, 1.165) is 33.3 Å². The molecule has 15 heteroatoms. The number of likely N-dealkylation sites (tertiary alicyclic amines) is 2. The molecule has 172 valence electrons. The van der Waals surface area contributed by atoms with Gasteiger partial charge in [-0.05, 0) is 0 Å². The van der Waals surface area contributed by atoms with Gasteiger partial charge in [-0.3, -0.25) is 38.6 Å². The fraction of sp³-hybridized carbons (Fsp3) is 0.625. The number of carbonyl (C=O) groups excluding carboxylic acids is 4. The van der Waals surface area contributed by atoms with Gasteiger partial charge in [-0.2, -0.15) is 0 Å². The van der Waals surface area contributed by atoms with E-state index in [4.69, 9.17) is 26.4 Å². The number of hydrogen-bond donors (Lipinski definition) is 4. The van der Waals surface area contributed by atoms with E-state index in [0.29, 0.717) is 0 Å². The molecule has 0 aromatic carbocycles. The van der Waals surface area contributed by atoms with E-state index in [1.807, 2.05) is 0 Å². The summed E-state index contributed by atoms with van der Waals surface area (Å²) < 4.78 is 5.22. The Bertz CT molecular complexity index is 718. The number of nitrogens with two attached hydrogens (primary N) is 2. The van der Waals surface area contributed by atoms with Gasteiger partial charge in [-0.25, -0.2) is 0 Å². The Balaban J connectivity index is 1.80. The minimum absolute atomic E-state index is 0.0465. The monoisotopic (exact) mass is 478 g/mol. The van der Waals surface area contributed by atoms with Crippen molar-refractivity contribution < 1.29 is 43.7 Å². The van der Waals surface area contributed by atoms with Gasteiger partial charge in [-0.15, -0.1) is 23.5 Å². The van der Waals surface area contributed by atoms with E-state index in [9.17, 15) is 28.8 Å². The summed E-state index contributed by atoms with van der Waals surface area (Å²) in [5.74, 6) is -4.71. The third-order valence-electron chi connectivity index (χ3n) is 4.43. The number of aliphatic carboxylic acids is 2. The minimum atomic E-state index is -1.22. The van der Waals surface area contributed by atoms with Crippen LogP contribution >= 0.6 is 23.5 Å². The number of amides is 4. The van der Waals surface area contributed by atoms with Crippen LogP contribution in [0.3, 0.4) is 0 Å². The van der Waals surface area contributed by atoms with E-state index < -0.39 is 71.6 Å². The SMILES string of the molecule is N[C@@H](CSC1CC(=O)N(COCN2C(=O)CC(SC[C@H](N)C(=O)O)C2=O)C1=O)C(=O)O. The van der Waals surface area contributed by atoms with Crippen molar-refractivity contribution >= 4 is 59.1 Å². The molecule has 13 nitrogen and oxygen atoms in total. The quantitative estimate of drug-likeness (QED) is 0.213. The van der Waals surface area contributed by atoms with Crippen LogP contribution < -0.4 is 11.5 Å². The van der Waals surface area contributed by atoms with Crippen LogP contribution in [0.1, 0.15) is 12.8 Å². The van der Waals surface area contributed by atoms with E-state index in [-0.39, 0.29) is 24.3 Å². The second-order valence-corrected chi connectivity index (χ2v) is 9.20. The molecule has 2 heterocycles. The first-order valence-electron chi connectivity index (χ1n) is 8.99. The molecule has 2 fully saturated rings. The maximum absolute atomic E-state index is 12.3. The molecule has 4 atom stereocenters. The first kappa shape index (κ1) is 25.1. The Morgan fingerprint density at radius 1 is 0.871 bits per heavy atom. The lowest BCUT2D eigenvalue weighted by Crippen LogP contribution is -2.39. The van der Waals surface area contributed by atoms with Gasteiger partial charge in [0.15, 0.2) is 0 Å². The van der Waals surface area contributed by atoms with Gasteiger partial charge >= 0.3 is 11.9 Å². The molecule has 0 radical (unpaired) electrons. The molecule has 2 saturated heterocycles. The van der Waals surface area contributed by atoms with Gasteiger partial charge in [0, 0.05) is 24.3 Å². The normalized spacial score (nSPS) is 23.5. The van der Waals surface area contributed by atoms with E-state index in [1.165, 1.54) is 0 Å². The Kier molecular flexibility index (Phi) is 8.81. The molecule has 6 N–H and O–H groups in total. The van der Waals surface area contributed by atoms with Crippen LogP contribution in [0.15, 0.2) is 0 Å². The van der Waals surface area contributed by atoms with Crippen LogP contribution in [-0.2, 0) is 33.5 Å². The van der Waals surface area contributed by atoms with Crippen LogP contribution in [-0.4, -0.2) is 103 Å². The van der Waals surface area contributed by atoms with Gasteiger partial charge in [0.1, 0.15) is 25.5 Å². The van der Waals surface area contributed by atoms with Crippen molar-refractivity contribution in [2.24, 2.45) is 11.5 Å². The first-order chi connectivity index (χ1) is 14.5. The second-order valence-electron chi connectivity index (χ2n) is 6.72. The van der Waals surface area contributed by atoms with Crippen molar-refractivity contribution in [3.63, 3.8) is 0 Å². The highest BCUT2D eigenvalue weighted by Crippen LogP contribution is 2.27. The topological polar surface area (TPSA) is 211 Å². The Morgan fingerprint density at radius 3 is 1.55 bits per heavy atom. The highest BCUT2D eigenvalue weighted by molar-refractivity contribution is 8.01. The van der Waals surface area contributed by atoms with Crippen LogP contribution in [0.4, 0.5) is 0 Å². The van der Waals surface area contributed by atoms with Crippen molar-refractivity contribution in [3.05, 3.63) is 0 Å². The number of thioether (sulfide) groups is 2. The zero-order chi connectivity index (χ0) is 23.3. The van der Waals surface area contributed by atoms with Gasteiger partial charge in [0.05, 0.1) is 10.5 Å². The van der Waals surface area contributed by atoms with Gasteiger partial charge in [-0.1, -0.05) is 0 Å². The van der Waals surface area contributed by atoms with Gasteiger partial charge in [0.25, 0.3) is 0 Å². The van der Waals surface area contributed by atoms with E-state index in [2.05, 4.69) is 0 Å². The van der Waals surface area contributed by atoms with Crippen molar-refractivity contribution in [1.29, 1.82) is 0 Å². The minimum Gasteiger partial charge on any atom is -0.480 e. The summed E-state index contributed by atoms with van der Waals surface area (Å²) >= 11 is 1.92. The number of carboxylic acid groups (broad SMARTS) is 2. The average Bonchev–Trinajstić information content (AvgIpc) is 3.13. The van der Waals surface area contributed by atoms with Gasteiger partial charge < -0.3 is 26.4 Å². The van der Waals surface area contributed by atoms with Crippen molar-refractivity contribution in [3.8, 4) is 0 Å². The van der Waals surface area contributed by atoms with E-state index in [1.54, 1.807) is 0 Å². The summed E-state index contributed by atoms with van der Waals surface area (Å²) in [6, 6.07) is -2.33. The standard InChI is InChI=1S/C16H22N4O9S2/c17-7(15(25)26)3-30-9-1-11(21)19(13(9)23)5-29-6-20-12(22)2-10(14(20)24)31-4-8(18)16(27)28/h7-10H,1-6,17-18H2,(H,25,26)(H,27,28)/t7-,8-,9?,10?/m0/s1. The molecule has 0 aromatic rings. The first-order valence-corrected chi connectivity index (χ1v) is 11.1. The third kappa shape index (κ3) is 6.39. The summed E-state index contributed by atoms with van der Waals surface area (Å²) in [7, 11) is 0. The molecule has 0 spiro atoms. The summed E-state index contributed by atoms with van der Waals surface area (Å²) in [5.41, 5.74) is 10.8. The number of imide groups is 2. The smallest absolute Gasteiger partial charge is 0.321 e. The lowest BCUT2D eigenvalue weighted by atomic mass is 10.3. The molecular formula is C16H22N4O9S2. The molecule has 2 aliphatic heterocycles. The lowest BCUT2D eigenvalue weighted by Gasteiger charge is -2.19. The van der Waals surface area contributed by atoms with Gasteiger partial charge in [0.2, 0.25) is 23.6 Å². The fourth-order valence-electron chi connectivity index (χ4n) is 2.64.